The molecule has 2 nitrogen and oxygen atoms in total. The highest BCUT2D eigenvalue weighted by molar-refractivity contribution is 5.28. The second-order valence-corrected chi connectivity index (χ2v) is 5.88. The Kier molecular flexibility index (Phi) is 7.17. The van der Waals surface area contributed by atoms with Gasteiger partial charge in [-0.2, -0.15) is 0 Å². The Morgan fingerprint density at radius 3 is 2.20 bits per heavy atom. The van der Waals surface area contributed by atoms with E-state index >= 15 is 0 Å². The summed E-state index contributed by atoms with van der Waals surface area (Å²) in [6.45, 7) is 4.77. The fourth-order valence-corrected chi connectivity index (χ4v) is 2.20. The summed E-state index contributed by atoms with van der Waals surface area (Å²) < 4.78 is 18.3. The Morgan fingerprint density at radius 1 is 0.840 bits per heavy atom. The van der Waals surface area contributed by atoms with E-state index in [-0.39, 0.29) is 5.82 Å². The Hall–Kier alpha value is -2.65. The zero-order chi connectivity index (χ0) is 18.1. The second-order valence-electron chi connectivity index (χ2n) is 5.88. The quantitative estimate of drug-likeness (QED) is 0.713. The third-order valence-electron chi connectivity index (χ3n) is 3.71. The monoisotopic (exact) mass is 337 g/mol. The molecule has 3 aromatic rings. The summed E-state index contributed by atoms with van der Waals surface area (Å²) in [7, 11) is 0. The third-order valence-corrected chi connectivity index (χ3v) is 3.71. The molecule has 0 heterocycles. The molecule has 3 rings (SSSR count). The molecule has 3 heteroatoms. The molecule has 3 aromatic carbocycles. The van der Waals surface area contributed by atoms with Crippen LogP contribution in [0.5, 0.6) is 5.75 Å². The van der Waals surface area contributed by atoms with E-state index in [1.807, 2.05) is 67.6 Å². The first-order valence-electron chi connectivity index (χ1n) is 8.27. The largest absolute Gasteiger partial charge is 0.489 e. The molecular weight excluding hydrogens is 313 g/mol. The van der Waals surface area contributed by atoms with E-state index in [2.05, 4.69) is 0 Å². The van der Waals surface area contributed by atoms with Gasteiger partial charge in [0.2, 0.25) is 0 Å². The van der Waals surface area contributed by atoms with Gasteiger partial charge in [0, 0.05) is 6.54 Å². The average Bonchev–Trinajstić information content (AvgIpc) is 2.65. The first-order chi connectivity index (χ1) is 12.1. The normalized spacial score (nSPS) is 9.92. The van der Waals surface area contributed by atoms with Crippen LogP contribution in [-0.4, -0.2) is 0 Å². The van der Waals surface area contributed by atoms with Crippen LogP contribution in [0.1, 0.15) is 22.3 Å². The summed E-state index contributed by atoms with van der Waals surface area (Å²) in [5.41, 5.74) is 9.51. The van der Waals surface area contributed by atoms with Crippen LogP contribution in [0, 0.1) is 19.7 Å². The molecule has 0 saturated carbocycles. The van der Waals surface area contributed by atoms with Gasteiger partial charge in [-0.25, -0.2) is 4.39 Å². The minimum atomic E-state index is -0.116. The van der Waals surface area contributed by atoms with Crippen molar-refractivity contribution < 1.29 is 9.13 Å². The number of benzene rings is 3. The molecule has 0 aliphatic carbocycles. The predicted molar refractivity (Wildman–Crippen MR) is 101 cm³/mol. The maximum Gasteiger partial charge on any atom is 0.126 e. The van der Waals surface area contributed by atoms with Crippen molar-refractivity contribution >= 4 is 0 Å². The lowest BCUT2D eigenvalue weighted by Crippen LogP contribution is -1.98. The molecule has 0 aromatic heterocycles. The summed E-state index contributed by atoms with van der Waals surface area (Å²) in [6.07, 6.45) is 0. The Labute approximate surface area is 149 Å². The number of hydrogen-bond donors (Lipinski definition) is 1. The van der Waals surface area contributed by atoms with E-state index in [4.69, 9.17) is 10.5 Å². The molecule has 0 spiro atoms. The molecule has 0 amide bonds. The zero-order valence-electron chi connectivity index (χ0n) is 14.7. The molecular formula is C22H24FNO. The third kappa shape index (κ3) is 6.40. The molecule has 0 radical (unpaired) electrons. The minimum absolute atomic E-state index is 0.116. The summed E-state index contributed by atoms with van der Waals surface area (Å²) in [5, 5.41) is 0. The minimum Gasteiger partial charge on any atom is -0.489 e. The molecule has 0 unspecified atom stereocenters. The number of halogens is 1. The lowest BCUT2D eigenvalue weighted by atomic mass is 10.2. The van der Waals surface area contributed by atoms with Crippen molar-refractivity contribution in [3.63, 3.8) is 0 Å². The van der Waals surface area contributed by atoms with Crippen molar-refractivity contribution in [1.82, 2.24) is 0 Å². The Morgan fingerprint density at radius 2 is 1.56 bits per heavy atom. The smallest absolute Gasteiger partial charge is 0.126 e. The first kappa shape index (κ1) is 18.7. The van der Waals surface area contributed by atoms with Gasteiger partial charge in [-0.1, -0.05) is 54.6 Å². The fraction of sp³-hybridized carbons (Fsp3) is 0.182. The van der Waals surface area contributed by atoms with Gasteiger partial charge >= 0.3 is 0 Å². The number of aryl methyl sites for hydroxylation is 2. The van der Waals surface area contributed by atoms with E-state index in [9.17, 15) is 4.39 Å². The van der Waals surface area contributed by atoms with Crippen molar-refractivity contribution in [1.29, 1.82) is 0 Å². The van der Waals surface area contributed by atoms with Gasteiger partial charge < -0.3 is 10.5 Å². The van der Waals surface area contributed by atoms with Crippen molar-refractivity contribution in [2.75, 3.05) is 0 Å². The molecule has 25 heavy (non-hydrogen) atoms. The van der Waals surface area contributed by atoms with Crippen LogP contribution in [0.2, 0.25) is 0 Å². The summed E-state index contributed by atoms with van der Waals surface area (Å²) in [4.78, 5) is 0. The maximum absolute atomic E-state index is 12.6. The number of ether oxygens (including phenoxy) is 1. The van der Waals surface area contributed by atoms with E-state index in [0.29, 0.717) is 18.7 Å². The van der Waals surface area contributed by atoms with Crippen molar-refractivity contribution in [2.45, 2.75) is 27.0 Å². The van der Waals surface area contributed by atoms with Gasteiger partial charge in [0.1, 0.15) is 18.2 Å². The molecule has 130 valence electrons. The van der Waals surface area contributed by atoms with Crippen LogP contribution in [0.15, 0.2) is 72.8 Å². The zero-order valence-corrected chi connectivity index (χ0v) is 14.7. The topological polar surface area (TPSA) is 35.2 Å². The van der Waals surface area contributed by atoms with Crippen LogP contribution in [0.3, 0.4) is 0 Å². The van der Waals surface area contributed by atoms with Gasteiger partial charge in [0.15, 0.2) is 0 Å². The maximum atomic E-state index is 12.6. The van der Waals surface area contributed by atoms with E-state index in [1.165, 1.54) is 11.6 Å². The molecule has 0 bridgehead atoms. The number of hydrogen-bond acceptors (Lipinski definition) is 2. The lowest BCUT2D eigenvalue weighted by Gasteiger charge is -2.07. The van der Waals surface area contributed by atoms with Gasteiger partial charge in [-0.3, -0.25) is 0 Å². The van der Waals surface area contributed by atoms with Crippen LogP contribution in [0.25, 0.3) is 0 Å². The first-order valence-corrected chi connectivity index (χ1v) is 8.27. The van der Waals surface area contributed by atoms with Crippen LogP contribution in [0.4, 0.5) is 4.39 Å². The summed E-state index contributed by atoms with van der Waals surface area (Å²) in [6, 6.07) is 23.2. The van der Waals surface area contributed by atoms with Gasteiger partial charge in [0.25, 0.3) is 0 Å². The highest BCUT2D eigenvalue weighted by atomic mass is 19.1. The fourth-order valence-electron chi connectivity index (χ4n) is 2.20. The van der Waals surface area contributed by atoms with Crippen molar-refractivity contribution in [2.24, 2.45) is 5.73 Å². The molecule has 2 N–H and O–H groups in total. The van der Waals surface area contributed by atoms with Crippen LogP contribution >= 0.6 is 0 Å². The van der Waals surface area contributed by atoms with E-state index in [0.717, 1.165) is 16.9 Å². The van der Waals surface area contributed by atoms with Gasteiger partial charge in [0.05, 0.1) is 0 Å². The summed E-state index contributed by atoms with van der Waals surface area (Å²) in [5.74, 6) is 0.752. The highest BCUT2D eigenvalue weighted by Gasteiger charge is 1.96. The standard InChI is InChI=1S/C14H15NO.C8H9F/c15-10-13-7-4-8-14(9-13)16-11-12-5-2-1-3-6-12;1-6-3-4-7(2)8(9)5-6/h1-9H,10-11,15H2;3-5H,1-2H3. The number of nitrogens with two attached hydrogens (primary N) is 1. The Balaban J connectivity index is 0.000000212. The van der Waals surface area contributed by atoms with E-state index in [1.54, 1.807) is 13.0 Å². The molecule has 0 aliphatic heterocycles. The second kappa shape index (κ2) is 9.60. The van der Waals surface area contributed by atoms with Crippen molar-refractivity contribution in [3.05, 3.63) is 101 Å². The van der Waals surface area contributed by atoms with Crippen LogP contribution in [-0.2, 0) is 13.2 Å². The highest BCUT2D eigenvalue weighted by Crippen LogP contribution is 2.14. The predicted octanol–water partition coefficient (Wildman–Crippen LogP) is 5.17. The lowest BCUT2D eigenvalue weighted by molar-refractivity contribution is 0.306. The van der Waals surface area contributed by atoms with Gasteiger partial charge in [-0.15, -0.1) is 0 Å². The van der Waals surface area contributed by atoms with E-state index < -0.39 is 0 Å². The molecule has 0 aliphatic rings. The number of rotatable bonds is 4. The van der Waals surface area contributed by atoms with Gasteiger partial charge in [-0.05, 0) is 54.3 Å². The molecule has 0 fully saturated rings. The van der Waals surface area contributed by atoms with Crippen LogP contribution < -0.4 is 10.5 Å². The molecule has 0 atom stereocenters. The Bertz CT molecular complexity index is 787. The average molecular weight is 337 g/mol. The SMILES string of the molecule is Cc1ccc(C)c(F)c1.NCc1cccc(OCc2ccccc2)c1. The van der Waals surface area contributed by atoms with Crippen molar-refractivity contribution in [3.8, 4) is 5.75 Å². The molecule has 0 saturated heterocycles. The summed E-state index contributed by atoms with van der Waals surface area (Å²) >= 11 is 0.